The molecular formula is C11H20N2O4. The van der Waals surface area contributed by atoms with Crippen molar-refractivity contribution in [3.63, 3.8) is 0 Å². The predicted octanol–water partition coefficient (Wildman–Crippen LogP) is -0.578. The first-order valence-corrected chi connectivity index (χ1v) is 5.80. The highest BCUT2D eigenvalue weighted by molar-refractivity contribution is 5.82. The summed E-state index contributed by atoms with van der Waals surface area (Å²) in [6.45, 7) is 1.87. The summed E-state index contributed by atoms with van der Waals surface area (Å²) in [5, 5.41) is 21.2. The van der Waals surface area contributed by atoms with Crippen molar-refractivity contribution in [1.82, 2.24) is 10.2 Å². The van der Waals surface area contributed by atoms with Gasteiger partial charge in [0, 0.05) is 13.6 Å². The average Bonchev–Trinajstić information content (AvgIpc) is 2.28. The average molecular weight is 244 g/mol. The smallest absolute Gasteiger partial charge is 0.336 e. The zero-order chi connectivity index (χ0) is 13.1. The third-order valence-electron chi connectivity index (χ3n) is 3.13. The lowest BCUT2D eigenvalue weighted by molar-refractivity contribution is -0.160. The monoisotopic (exact) mass is 244 g/mol. The molecule has 2 unspecified atom stereocenters. The van der Waals surface area contributed by atoms with Crippen LogP contribution >= 0.6 is 0 Å². The molecular weight excluding hydrogens is 224 g/mol. The number of aliphatic carboxylic acids is 1. The van der Waals surface area contributed by atoms with E-state index in [1.54, 1.807) is 11.9 Å². The number of hydrogen-bond acceptors (Lipinski definition) is 4. The molecule has 1 heterocycles. The third-order valence-corrected chi connectivity index (χ3v) is 3.13. The molecule has 0 spiro atoms. The number of amides is 1. The lowest BCUT2D eigenvalue weighted by Gasteiger charge is -2.37. The van der Waals surface area contributed by atoms with E-state index in [4.69, 9.17) is 5.11 Å². The highest BCUT2D eigenvalue weighted by atomic mass is 16.4. The van der Waals surface area contributed by atoms with E-state index in [1.165, 1.54) is 6.92 Å². The van der Waals surface area contributed by atoms with Crippen molar-refractivity contribution in [3.05, 3.63) is 0 Å². The minimum atomic E-state index is -1.82. The Morgan fingerprint density at radius 3 is 2.65 bits per heavy atom. The summed E-state index contributed by atoms with van der Waals surface area (Å²) in [6, 6.07) is -0.334. The van der Waals surface area contributed by atoms with E-state index in [2.05, 4.69) is 5.32 Å². The highest BCUT2D eigenvalue weighted by Gasteiger charge is 2.37. The van der Waals surface area contributed by atoms with Gasteiger partial charge in [-0.3, -0.25) is 9.69 Å². The molecule has 6 heteroatoms. The van der Waals surface area contributed by atoms with Crippen molar-refractivity contribution in [2.75, 3.05) is 20.1 Å². The molecule has 1 fully saturated rings. The lowest BCUT2D eigenvalue weighted by atomic mass is 9.98. The number of carbonyl (C=O) groups is 2. The van der Waals surface area contributed by atoms with Crippen molar-refractivity contribution >= 4 is 11.9 Å². The van der Waals surface area contributed by atoms with Crippen LogP contribution in [0.4, 0.5) is 0 Å². The predicted molar refractivity (Wildman–Crippen MR) is 61.5 cm³/mol. The normalized spacial score (nSPS) is 25.0. The third kappa shape index (κ3) is 3.41. The standard InChI is InChI=1S/C11H20N2O4/c1-11(17,10(15)16)7-13-6-4-3-5-8(13)9(14)12-2/h8,17H,3-7H2,1-2H3,(H,12,14)(H,15,16). The summed E-state index contributed by atoms with van der Waals surface area (Å²) >= 11 is 0. The summed E-state index contributed by atoms with van der Waals surface area (Å²) < 4.78 is 0. The second kappa shape index (κ2) is 5.46. The van der Waals surface area contributed by atoms with Crippen molar-refractivity contribution in [1.29, 1.82) is 0 Å². The number of likely N-dealkylation sites (tertiary alicyclic amines) is 1. The molecule has 1 rings (SSSR count). The van der Waals surface area contributed by atoms with E-state index >= 15 is 0 Å². The molecule has 98 valence electrons. The number of piperidine rings is 1. The second-order valence-electron chi connectivity index (χ2n) is 4.68. The van der Waals surface area contributed by atoms with Gasteiger partial charge >= 0.3 is 5.97 Å². The number of carbonyl (C=O) groups excluding carboxylic acids is 1. The van der Waals surface area contributed by atoms with E-state index in [9.17, 15) is 14.7 Å². The Bertz CT molecular complexity index is 304. The van der Waals surface area contributed by atoms with Crippen LogP contribution in [-0.4, -0.2) is 58.8 Å². The van der Waals surface area contributed by atoms with Gasteiger partial charge in [0.15, 0.2) is 5.60 Å². The number of rotatable bonds is 4. The molecule has 1 amide bonds. The molecule has 0 radical (unpaired) electrons. The summed E-state index contributed by atoms with van der Waals surface area (Å²) in [5.41, 5.74) is -1.82. The molecule has 0 aromatic rings. The molecule has 0 aromatic carbocycles. The fourth-order valence-corrected chi connectivity index (χ4v) is 2.11. The van der Waals surface area contributed by atoms with Crippen molar-refractivity contribution < 1.29 is 19.8 Å². The minimum absolute atomic E-state index is 0.0274. The van der Waals surface area contributed by atoms with E-state index in [0.29, 0.717) is 13.0 Å². The number of hydrogen-bond donors (Lipinski definition) is 3. The molecule has 0 saturated carbocycles. The van der Waals surface area contributed by atoms with Crippen LogP contribution in [0.3, 0.4) is 0 Å². The number of nitrogens with one attached hydrogen (secondary N) is 1. The Labute approximate surface area is 101 Å². The van der Waals surface area contributed by atoms with Crippen LogP contribution in [0.2, 0.25) is 0 Å². The molecule has 1 saturated heterocycles. The van der Waals surface area contributed by atoms with Crippen molar-refractivity contribution in [3.8, 4) is 0 Å². The van der Waals surface area contributed by atoms with Crippen molar-refractivity contribution in [2.24, 2.45) is 0 Å². The SMILES string of the molecule is CNC(=O)C1CCCCN1CC(C)(O)C(=O)O. The summed E-state index contributed by atoms with van der Waals surface area (Å²) in [4.78, 5) is 24.3. The van der Waals surface area contributed by atoms with Gasteiger partial charge in [-0.05, 0) is 26.3 Å². The van der Waals surface area contributed by atoms with Gasteiger partial charge in [-0.25, -0.2) is 4.79 Å². The Balaban J connectivity index is 2.72. The fourth-order valence-electron chi connectivity index (χ4n) is 2.11. The summed E-state index contributed by atoms with van der Waals surface area (Å²) in [6.07, 6.45) is 2.57. The van der Waals surface area contributed by atoms with Crippen molar-refractivity contribution in [2.45, 2.75) is 37.8 Å². The van der Waals surface area contributed by atoms with Crippen LogP contribution in [0.15, 0.2) is 0 Å². The van der Waals surface area contributed by atoms with Crippen LogP contribution in [0.25, 0.3) is 0 Å². The van der Waals surface area contributed by atoms with Gasteiger partial charge in [0.05, 0.1) is 6.04 Å². The Morgan fingerprint density at radius 2 is 2.12 bits per heavy atom. The summed E-state index contributed by atoms with van der Waals surface area (Å²) in [5.74, 6) is -1.38. The van der Waals surface area contributed by atoms with Crippen LogP contribution in [0.5, 0.6) is 0 Å². The van der Waals surface area contributed by atoms with Gasteiger partial charge < -0.3 is 15.5 Å². The van der Waals surface area contributed by atoms with E-state index in [0.717, 1.165) is 12.8 Å². The first-order valence-electron chi connectivity index (χ1n) is 5.80. The molecule has 1 aliphatic rings. The maximum Gasteiger partial charge on any atom is 0.336 e. The molecule has 2 atom stereocenters. The zero-order valence-corrected chi connectivity index (χ0v) is 10.3. The highest BCUT2D eigenvalue weighted by Crippen LogP contribution is 2.20. The van der Waals surface area contributed by atoms with Crippen LogP contribution in [0.1, 0.15) is 26.2 Å². The molecule has 0 aromatic heterocycles. The minimum Gasteiger partial charge on any atom is -0.479 e. The first kappa shape index (κ1) is 13.9. The van der Waals surface area contributed by atoms with Crippen LogP contribution < -0.4 is 5.32 Å². The molecule has 0 bridgehead atoms. The van der Waals surface area contributed by atoms with E-state index < -0.39 is 11.6 Å². The van der Waals surface area contributed by atoms with E-state index in [1.807, 2.05) is 0 Å². The maximum atomic E-state index is 11.7. The molecule has 1 aliphatic heterocycles. The van der Waals surface area contributed by atoms with Gasteiger partial charge in [0.2, 0.25) is 5.91 Å². The maximum absolute atomic E-state index is 11.7. The molecule has 0 aliphatic carbocycles. The quantitative estimate of drug-likeness (QED) is 0.616. The van der Waals surface area contributed by atoms with Crippen LogP contribution in [0, 0.1) is 0 Å². The number of aliphatic hydroxyl groups is 1. The number of carboxylic acid groups (broad SMARTS) is 1. The Morgan fingerprint density at radius 1 is 1.47 bits per heavy atom. The van der Waals surface area contributed by atoms with Gasteiger partial charge in [-0.2, -0.15) is 0 Å². The Kier molecular flexibility index (Phi) is 4.47. The zero-order valence-electron chi connectivity index (χ0n) is 10.3. The molecule has 6 nitrogen and oxygen atoms in total. The number of β-amino-alcohol motifs (C(OH)–C–C–N with tert-alkyl or cyclic N) is 1. The molecule has 3 N–H and O–H groups in total. The Hall–Kier alpha value is -1.14. The van der Waals surface area contributed by atoms with Gasteiger partial charge in [0.1, 0.15) is 0 Å². The topological polar surface area (TPSA) is 89.9 Å². The van der Waals surface area contributed by atoms with Gasteiger partial charge in [-0.1, -0.05) is 6.42 Å². The van der Waals surface area contributed by atoms with Gasteiger partial charge in [0.25, 0.3) is 0 Å². The second-order valence-corrected chi connectivity index (χ2v) is 4.68. The number of carboxylic acids is 1. The largest absolute Gasteiger partial charge is 0.479 e. The van der Waals surface area contributed by atoms with Crippen LogP contribution in [-0.2, 0) is 9.59 Å². The fraction of sp³-hybridized carbons (Fsp3) is 0.818. The number of nitrogens with zero attached hydrogens (tertiary/aromatic N) is 1. The lowest BCUT2D eigenvalue weighted by Crippen LogP contribution is -2.55. The first-order chi connectivity index (χ1) is 7.88. The summed E-state index contributed by atoms with van der Waals surface area (Å²) in [7, 11) is 1.56. The van der Waals surface area contributed by atoms with Gasteiger partial charge in [-0.15, -0.1) is 0 Å². The number of likely N-dealkylation sites (N-methyl/N-ethyl adjacent to an activating group) is 1. The van der Waals surface area contributed by atoms with E-state index in [-0.39, 0.29) is 18.5 Å². The molecule has 17 heavy (non-hydrogen) atoms.